The van der Waals surface area contributed by atoms with Crippen LogP contribution in [0.15, 0.2) is 27.1 Å². The van der Waals surface area contributed by atoms with Gasteiger partial charge in [0, 0.05) is 9.86 Å². The number of hydrogen-bond donors (Lipinski definition) is 0. The van der Waals surface area contributed by atoms with Crippen LogP contribution in [0.3, 0.4) is 0 Å². The molecule has 1 aromatic heterocycles. The number of carbonyl (C=O) groups excluding carboxylic acids is 1. The topological polar surface area (TPSA) is 30.2 Å². The van der Waals surface area contributed by atoms with Crippen LogP contribution in [0.5, 0.6) is 0 Å². The predicted molar refractivity (Wildman–Crippen MR) is 54.0 cm³/mol. The van der Waals surface area contributed by atoms with Crippen LogP contribution in [0.4, 0.5) is 0 Å². The van der Waals surface area contributed by atoms with Gasteiger partial charge in [0.25, 0.3) is 0 Å². The van der Waals surface area contributed by atoms with Crippen molar-refractivity contribution < 1.29 is 9.21 Å². The molecule has 0 unspecified atom stereocenters. The lowest BCUT2D eigenvalue weighted by Crippen LogP contribution is -1.73. The van der Waals surface area contributed by atoms with Gasteiger partial charge in [0.15, 0.2) is 12.0 Å². The molecule has 0 atom stereocenters. The lowest BCUT2D eigenvalue weighted by molar-refractivity contribution is 0.110. The second-order valence-corrected chi connectivity index (χ2v) is 3.73. The molecule has 1 aromatic carbocycles. The van der Waals surface area contributed by atoms with Gasteiger partial charge in [0.1, 0.15) is 5.58 Å². The van der Waals surface area contributed by atoms with E-state index in [0.717, 1.165) is 21.0 Å². The molecule has 0 bridgehead atoms. The third kappa shape index (κ3) is 1.29. The largest absolute Gasteiger partial charge is 0.453 e. The molecule has 0 fully saturated rings. The first-order valence-corrected chi connectivity index (χ1v) is 4.65. The summed E-state index contributed by atoms with van der Waals surface area (Å²) in [6.45, 7) is 1.95. The molecule has 0 aliphatic rings. The smallest absolute Gasteiger partial charge is 0.185 e. The summed E-state index contributed by atoms with van der Waals surface area (Å²) in [5.41, 5.74) is 1.81. The fraction of sp³-hybridized carbons (Fsp3) is 0.100. The molecular formula is C10H7BrO2. The molecule has 0 aliphatic heterocycles. The fourth-order valence-corrected chi connectivity index (χ4v) is 1.73. The second-order valence-electron chi connectivity index (χ2n) is 2.87. The van der Waals surface area contributed by atoms with Crippen molar-refractivity contribution >= 4 is 33.2 Å². The Hall–Kier alpha value is -1.09. The van der Waals surface area contributed by atoms with Gasteiger partial charge in [-0.1, -0.05) is 22.0 Å². The van der Waals surface area contributed by atoms with E-state index < -0.39 is 0 Å². The zero-order chi connectivity index (χ0) is 9.42. The highest BCUT2D eigenvalue weighted by Crippen LogP contribution is 2.28. The monoisotopic (exact) mass is 238 g/mol. The van der Waals surface area contributed by atoms with Crippen LogP contribution in [0.2, 0.25) is 0 Å². The minimum absolute atomic E-state index is 0.366. The molecule has 2 nitrogen and oxygen atoms in total. The number of hydrogen-bond acceptors (Lipinski definition) is 2. The Bertz CT molecular complexity index is 432. The van der Waals surface area contributed by atoms with Crippen molar-refractivity contribution in [1.82, 2.24) is 0 Å². The molecule has 0 aliphatic carbocycles. The number of rotatable bonds is 1. The third-order valence-corrected chi connectivity index (χ3v) is 2.65. The molecule has 2 rings (SSSR count). The maximum atomic E-state index is 10.5. The van der Waals surface area contributed by atoms with Crippen LogP contribution >= 0.6 is 15.9 Å². The zero-order valence-electron chi connectivity index (χ0n) is 7.00. The van der Waals surface area contributed by atoms with Gasteiger partial charge in [-0.15, -0.1) is 0 Å². The molecule has 13 heavy (non-hydrogen) atoms. The third-order valence-electron chi connectivity index (χ3n) is 1.96. The van der Waals surface area contributed by atoms with Gasteiger partial charge in [-0.2, -0.15) is 0 Å². The SMILES string of the molecule is Cc1ccc(Br)c2cc(C=O)oc12. The summed E-state index contributed by atoms with van der Waals surface area (Å²) < 4.78 is 6.28. The quantitative estimate of drug-likeness (QED) is 0.714. The van der Waals surface area contributed by atoms with E-state index in [1.807, 2.05) is 19.1 Å². The van der Waals surface area contributed by atoms with Crippen LogP contribution < -0.4 is 0 Å². The minimum atomic E-state index is 0.366. The number of aldehydes is 1. The number of fused-ring (bicyclic) bond motifs is 1. The molecule has 0 spiro atoms. The van der Waals surface area contributed by atoms with E-state index in [2.05, 4.69) is 15.9 Å². The maximum absolute atomic E-state index is 10.5. The van der Waals surface area contributed by atoms with Gasteiger partial charge in [0.2, 0.25) is 0 Å². The molecule has 2 aromatic rings. The van der Waals surface area contributed by atoms with E-state index in [1.165, 1.54) is 0 Å². The number of furan rings is 1. The molecule has 0 amide bonds. The van der Waals surface area contributed by atoms with Crippen molar-refractivity contribution in [3.8, 4) is 0 Å². The Balaban J connectivity index is 2.87. The second kappa shape index (κ2) is 3.00. The van der Waals surface area contributed by atoms with Crippen LogP contribution in [0.25, 0.3) is 11.0 Å². The average molecular weight is 239 g/mol. The van der Waals surface area contributed by atoms with Crippen molar-refractivity contribution in [3.05, 3.63) is 34.0 Å². The summed E-state index contributed by atoms with van der Waals surface area (Å²) in [6, 6.07) is 5.63. The summed E-state index contributed by atoms with van der Waals surface area (Å²) in [7, 11) is 0. The van der Waals surface area contributed by atoms with Gasteiger partial charge < -0.3 is 4.42 Å². The number of carbonyl (C=O) groups is 1. The standard InChI is InChI=1S/C10H7BrO2/c1-6-2-3-9(11)8-4-7(5-12)13-10(6)8/h2-5H,1H3. The minimum Gasteiger partial charge on any atom is -0.453 e. The van der Waals surface area contributed by atoms with Crippen molar-refractivity contribution in [3.63, 3.8) is 0 Å². The Labute approximate surface area is 83.7 Å². The highest BCUT2D eigenvalue weighted by molar-refractivity contribution is 9.10. The van der Waals surface area contributed by atoms with E-state index in [1.54, 1.807) is 6.07 Å². The molecule has 3 heteroatoms. The van der Waals surface area contributed by atoms with Gasteiger partial charge in [-0.3, -0.25) is 4.79 Å². The van der Waals surface area contributed by atoms with Crippen molar-refractivity contribution in [2.24, 2.45) is 0 Å². The number of aryl methyl sites for hydroxylation is 1. The van der Waals surface area contributed by atoms with E-state index in [4.69, 9.17) is 4.42 Å². The average Bonchev–Trinajstić information content (AvgIpc) is 2.56. The zero-order valence-corrected chi connectivity index (χ0v) is 8.59. The van der Waals surface area contributed by atoms with Crippen LogP contribution in [0, 0.1) is 6.92 Å². The summed E-state index contributed by atoms with van der Waals surface area (Å²) >= 11 is 3.40. The molecule has 1 heterocycles. The van der Waals surface area contributed by atoms with E-state index >= 15 is 0 Å². The van der Waals surface area contributed by atoms with Gasteiger partial charge in [-0.05, 0) is 24.6 Å². The Kier molecular flexibility index (Phi) is 1.96. The first-order valence-electron chi connectivity index (χ1n) is 3.86. The predicted octanol–water partition coefficient (Wildman–Crippen LogP) is 3.32. The highest BCUT2D eigenvalue weighted by atomic mass is 79.9. The Morgan fingerprint density at radius 2 is 2.23 bits per heavy atom. The number of halogens is 1. The summed E-state index contributed by atoms with van der Waals surface area (Å²) in [6.07, 6.45) is 0.714. The van der Waals surface area contributed by atoms with Crippen LogP contribution in [-0.4, -0.2) is 6.29 Å². The van der Waals surface area contributed by atoms with E-state index in [-0.39, 0.29) is 0 Å². The van der Waals surface area contributed by atoms with Gasteiger partial charge in [-0.25, -0.2) is 0 Å². The summed E-state index contributed by atoms with van der Waals surface area (Å²) in [5, 5.41) is 0.946. The van der Waals surface area contributed by atoms with Gasteiger partial charge >= 0.3 is 0 Å². The van der Waals surface area contributed by atoms with Gasteiger partial charge in [0.05, 0.1) is 0 Å². The van der Waals surface area contributed by atoms with Crippen LogP contribution in [-0.2, 0) is 0 Å². The van der Waals surface area contributed by atoms with E-state index in [0.29, 0.717) is 12.0 Å². The lowest BCUT2D eigenvalue weighted by Gasteiger charge is -1.95. The van der Waals surface area contributed by atoms with Crippen molar-refractivity contribution in [2.75, 3.05) is 0 Å². The molecule has 66 valence electrons. The molecular weight excluding hydrogens is 232 g/mol. The molecule has 0 saturated carbocycles. The molecule has 0 saturated heterocycles. The lowest BCUT2D eigenvalue weighted by atomic mass is 10.2. The van der Waals surface area contributed by atoms with Crippen LogP contribution in [0.1, 0.15) is 16.1 Å². The summed E-state index contributed by atoms with van der Waals surface area (Å²) in [5.74, 6) is 0.366. The Morgan fingerprint density at radius 1 is 1.46 bits per heavy atom. The summed E-state index contributed by atoms with van der Waals surface area (Å²) in [4.78, 5) is 10.5. The van der Waals surface area contributed by atoms with E-state index in [9.17, 15) is 4.79 Å². The highest BCUT2D eigenvalue weighted by Gasteiger charge is 2.07. The van der Waals surface area contributed by atoms with Crippen molar-refractivity contribution in [1.29, 1.82) is 0 Å². The van der Waals surface area contributed by atoms with Crippen molar-refractivity contribution in [2.45, 2.75) is 6.92 Å². The molecule has 0 N–H and O–H groups in total. The Morgan fingerprint density at radius 3 is 2.85 bits per heavy atom. The maximum Gasteiger partial charge on any atom is 0.185 e. The fourth-order valence-electron chi connectivity index (χ4n) is 1.30. The number of benzene rings is 1. The first-order chi connectivity index (χ1) is 6.22. The molecule has 0 radical (unpaired) electrons. The first kappa shape index (κ1) is 8.51. The normalized spacial score (nSPS) is 10.6.